The molecule has 2 saturated carbocycles. The molecule has 26 heteroatoms. The van der Waals surface area contributed by atoms with E-state index in [0.717, 1.165) is 18.2 Å². The van der Waals surface area contributed by atoms with Gasteiger partial charge in [0.05, 0.1) is 45.4 Å². The van der Waals surface area contributed by atoms with Crippen LogP contribution in [0, 0.1) is 29.4 Å². The van der Waals surface area contributed by atoms with Gasteiger partial charge in [0.25, 0.3) is 18.8 Å². The molecule has 0 radical (unpaired) electrons. The first-order valence-electron chi connectivity index (χ1n) is 20.5. The Labute approximate surface area is 389 Å². The molecule has 14 nitrogen and oxygen atoms in total. The number of aromatic nitrogens is 5. The Kier molecular flexibility index (Phi) is 12.3. The first-order chi connectivity index (χ1) is 31.5. The Hall–Kier alpha value is -5.32. The lowest BCUT2D eigenvalue weighted by Crippen LogP contribution is -2.35. The molecule has 1 N–H and O–H groups in total. The Balaban J connectivity index is 1.35. The molecule has 1 amide bonds. The molecule has 0 bridgehead atoms. The highest BCUT2D eigenvalue weighted by molar-refractivity contribution is 8.09. The molecule has 3 atom stereocenters. The van der Waals surface area contributed by atoms with Crippen LogP contribution in [0.5, 0.6) is 0 Å². The Morgan fingerprint density at radius 1 is 0.926 bits per heavy atom. The predicted octanol–water partition coefficient (Wildman–Crippen LogP) is 7.17. The van der Waals surface area contributed by atoms with Gasteiger partial charge < -0.3 is 5.32 Å². The average Bonchev–Trinajstić information content (AvgIpc) is 4.12. The zero-order chi connectivity index (χ0) is 49.8. The minimum absolute atomic E-state index is 0.0720. The van der Waals surface area contributed by atoms with Crippen molar-refractivity contribution in [2.24, 2.45) is 5.92 Å². The first kappa shape index (κ1) is 49.1. The number of sulfone groups is 1. The van der Waals surface area contributed by atoms with E-state index in [1.807, 2.05) is 0 Å². The number of amides is 1. The SMILES string of the molecule is CC(C)(C#Cc1ccc(-c2ccc(Cl)c3c(N(S(C)(=O)=O)S(C)(=O)=O)nn(CC(F)F)c23)c([C@H](Cc2cc(F)cc(F)c2)NC(=O)Cn2nc(C(F)F)c3c2C(F)(F)[C@@H]2C[C@H]32)n1)S(=O)(=O)C1CC1. The normalized spacial score (nSPS) is 18.3. The monoisotopic (exact) mass is 1040 g/mol. The maximum Gasteiger partial charge on any atom is 0.293 e. The van der Waals surface area contributed by atoms with Crippen molar-refractivity contribution in [1.29, 1.82) is 0 Å². The number of hydrogen-bond donors (Lipinski definition) is 1. The summed E-state index contributed by atoms with van der Waals surface area (Å²) >= 11 is 6.59. The van der Waals surface area contributed by atoms with Gasteiger partial charge in [0, 0.05) is 28.7 Å². The Morgan fingerprint density at radius 2 is 1.56 bits per heavy atom. The van der Waals surface area contributed by atoms with Gasteiger partial charge in [-0.3, -0.25) is 14.2 Å². The number of fused-ring (bicyclic) bond motifs is 4. The van der Waals surface area contributed by atoms with E-state index in [1.165, 1.54) is 32.0 Å². The fraction of sp³-hybridized carbons (Fsp3) is 0.429. The molecular formula is C42H38ClF8N7O7S3. The van der Waals surface area contributed by atoms with E-state index in [9.17, 15) is 56.4 Å². The van der Waals surface area contributed by atoms with Crippen LogP contribution in [0.25, 0.3) is 22.0 Å². The summed E-state index contributed by atoms with van der Waals surface area (Å²) in [4.78, 5) is 18.8. The second kappa shape index (κ2) is 17.0. The summed E-state index contributed by atoms with van der Waals surface area (Å²) in [6, 6.07) is 5.57. The minimum atomic E-state index is -4.78. The Bertz CT molecular complexity index is 3280. The number of carbonyl (C=O) groups excluding carboxylic acids is 1. The summed E-state index contributed by atoms with van der Waals surface area (Å²) in [7, 11) is -13.4. The van der Waals surface area contributed by atoms with Gasteiger partial charge in [0.2, 0.25) is 26.0 Å². The number of halogens is 9. The molecule has 3 heterocycles. The summed E-state index contributed by atoms with van der Waals surface area (Å²) in [5.74, 6) is -4.65. The van der Waals surface area contributed by atoms with Crippen molar-refractivity contribution in [3.8, 4) is 23.0 Å². The van der Waals surface area contributed by atoms with Crippen LogP contribution in [0.1, 0.15) is 85.4 Å². The van der Waals surface area contributed by atoms with Crippen molar-refractivity contribution in [3.05, 3.63) is 93.0 Å². The lowest BCUT2D eigenvalue weighted by atomic mass is 9.93. The number of sulfonamides is 2. The van der Waals surface area contributed by atoms with Crippen LogP contribution >= 0.6 is 11.6 Å². The molecule has 364 valence electrons. The summed E-state index contributed by atoms with van der Waals surface area (Å²) in [6.07, 6.45) is -5.29. The Morgan fingerprint density at radius 3 is 2.15 bits per heavy atom. The van der Waals surface area contributed by atoms with E-state index < -0.39 is 142 Å². The molecule has 2 fully saturated rings. The molecule has 0 aliphatic heterocycles. The van der Waals surface area contributed by atoms with Gasteiger partial charge in [-0.1, -0.05) is 23.6 Å². The molecule has 0 saturated heterocycles. The molecule has 3 aromatic heterocycles. The number of carbonyl (C=O) groups is 1. The van der Waals surface area contributed by atoms with Gasteiger partial charge in [-0.05, 0) is 87.3 Å². The third-order valence-electron chi connectivity index (χ3n) is 11.8. The van der Waals surface area contributed by atoms with E-state index in [1.54, 1.807) is 0 Å². The molecule has 5 aromatic rings. The molecule has 0 unspecified atom stereocenters. The maximum absolute atomic E-state index is 15.6. The fourth-order valence-corrected chi connectivity index (χ4v) is 13.6. The van der Waals surface area contributed by atoms with E-state index in [0.29, 0.717) is 40.8 Å². The minimum Gasteiger partial charge on any atom is -0.346 e. The van der Waals surface area contributed by atoms with E-state index in [2.05, 4.69) is 32.3 Å². The van der Waals surface area contributed by atoms with Crippen LogP contribution in [0.15, 0.2) is 42.5 Å². The molecular weight excluding hydrogens is 998 g/mol. The van der Waals surface area contributed by atoms with Gasteiger partial charge in [-0.15, -0.1) is 3.71 Å². The maximum atomic E-state index is 15.6. The zero-order valence-corrected chi connectivity index (χ0v) is 39.1. The molecule has 68 heavy (non-hydrogen) atoms. The van der Waals surface area contributed by atoms with Crippen molar-refractivity contribution in [2.45, 2.75) is 93.4 Å². The quantitative estimate of drug-likeness (QED) is 0.0834. The second-order valence-corrected chi connectivity index (χ2v) is 24.4. The molecule has 3 aliphatic carbocycles. The number of nitrogens with zero attached hydrogens (tertiary/aromatic N) is 6. The summed E-state index contributed by atoms with van der Waals surface area (Å²) in [5.41, 5.74) is -3.57. The highest BCUT2D eigenvalue weighted by Crippen LogP contribution is 2.68. The van der Waals surface area contributed by atoms with Crippen molar-refractivity contribution >= 4 is 64.1 Å². The van der Waals surface area contributed by atoms with Crippen molar-refractivity contribution in [3.63, 3.8) is 0 Å². The van der Waals surface area contributed by atoms with Crippen molar-refractivity contribution in [2.75, 3.05) is 16.2 Å². The number of nitrogens with one attached hydrogen (secondary N) is 1. The number of benzene rings is 2. The van der Waals surface area contributed by atoms with Gasteiger partial charge in [-0.25, -0.2) is 56.6 Å². The second-order valence-electron chi connectivity index (χ2n) is 17.4. The summed E-state index contributed by atoms with van der Waals surface area (Å²) < 4.78 is 196. The van der Waals surface area contributed by atoms with Gasteiger partial charge in [0.15, 0.2) is 15.7 Å². The molecule has 3 aliphatic rings. The molecule has 0 spiro atoms. The topological polar surface area (TPSA) is 183 Å². The van der Waals surface area contributed by atoms with Crippen LogP contribution in [-0.2, 0) is 60.1 Å². The number of pyridine rings is 1. The van der Waals surface area contributed by atoms with Crippen LogP contribution in [0.4, 0.5) is 40.9 Å². The van der Waals surface area contributed by atoms with E-state index in [-0.39, 0.29) is 48.8 Å². The standard InChI is InChI=1S/C42H38ClF8N7O7S3/c1-41(2,68(64,65)24-6-7-24)12-11-23-5-8-25(26-9-10-29(43)34-37(26)56(18-31(46)47)55-40(34)58(66(3,60)61)67(4,62)63)35(52-23)30(15-20-13-21(44)16-22(45)14-20)53-32(59)19-57-38-33(36(54-57)39(48)49)27-17-28(27)42(38,50)51/h5,8-10,13-14,16,24,27-28,30-31,39H,6-7,15,17-19H2,1-4H3,(H,53,59)/t27-,28+,30-/m0/s1. The van der Waals surface area contributed by atoms with Crippen LogP contribution in [-0.4, -0.2) is 84.6 Å². The van der Waals surface area contributed by atoms with Gasteiger partial charge in [-0.2, -0.15) is 19.0 Å². The van der Waals surface area contributed by atoms with Crippen LogP contribution in [0.3, 0.4) is 0 Å². The molecule has 8 rings (SSSR count). The van der Waals surface area contributed by atoms with E-state index in [4.69, 9.17) is 11.6 Å². The zero-order valence-electron chi connectivity index (χ0n) is 35.9. The summed E-state index contributed by atoms with van der Waals surface area (Å²) in [5, 5.41) is 8.74. The van der Waals surface area contributed by atoms with Gasteiger partial charge in [0.1, 0.15) is 46.6 Å². The third kappa shape index (κ3) is 9.03. The van der Waals surface area contributed by atoms with Gasteiger partial charge >= 0.3 is 0 Å². The number of rotatable bonds is 15. The largest absolute Gasteiger partial charge is 0.346 e. The number of anilines is 1. The summed E-state index contributed by atoms with van der Waals surface area (Å²) in [6.45, 7) is 0.353. The lowest BCUT2D eigenvalue weighted by Gasteiger charge is -2.23. The number of alkyl halides is 6. The van der Waals surface area contributed by atoms with Crippen LogP contribution < -0.4 is 9.03 Å². The van der Waals surface area contributed by atoms with Crippen LogP contribution in [0.2, 0.25) is 5.02 Å². The highest BCUT2D eigenvalue weighted by atomic mass is 35.5. The predicted molar refractivity (Wildman–Crippen MR) is 232 cm³/mol. The average molecular weight is 1040 g/mol. The third-order valence-corrected chi connectivity index (χ3v) is 18.1. The highest BCUT2D eigenvalue weighted by Gasteiger charge is 2.67. The first-order valence-corrected chi connectivity index (χ1v) is 26.1. The van der Waals surface area contributed by atoms with Crippen molar-refractivity contribution in [1.82, 2.24) is 29.9 Å². The number of hydrogen-bond acceptors (Lipinski definition) is 10. The molecule has 2 aromatic carbocycles. The fourth-order valence-electron chi connectivity index (χ4n) is 8.68. The van der Waals surface area contributed by atoms with E-state index >= 15 is 8.78 Å². The van der Waals surface area contributed by atoms with Crippen molar-refractivity contribution < 1.29 is 65.2 Å². The smallest absolute Gasteiger partial charge is 0.293 e. The lowest BCUT2D eigenvalue weighted by molar-refractivity contribution is -0.123.